The van der Waals surface area contributed by atoms with Crippen LogP contribution >= 0.6 is 22.9 Å². The Morgan fingerprint density at radius 2 is 2.26 bits per heavy atom. The molecule has 1 saturated heterocycles. The number of nitrogens with one attached hydrogen (secondary N) is 1. The summed E-state index contributed by atoms with van der Waals surface area (Å²) in [5.74, 6) is 0. The van der Waals surface area contributed by atoms with Crippen LogP contribution in [0.25, 0.3) is 0 Å². The van der Waals surface area contributed by atoms with Crippen LogP contribution < -0.4 is 5.32 Å². The van der Waals surface area contributed by atoms with Crippen LogP contribution in [0, 0.1) is 0 Å². The summed E-state index contributed by atoms with van der Waals surface area (Å²) >= 11 is 7.94. The molecule has 2 heterocycles. The van der Waals surface area contributed by atoms with E-state index in [1.165, 1.54) is 55.5 Å². The number of likely N-dealkylation sites (tertiary alicyclic amines) is 1. The lowest BCUT2D eigenvalue weighted by molar-refractivity contribution is 0.176. The van der Waals surface area contributed by atoms with Gasteiger partial charge in [0.2, 0.25) is 0 Å². The van der Waals surface area contributed by atoms with Crippen molar-refractivity contribution in [3.05, 3.63) is 20.8 Å². The molecule has 1 aliphatic carbocycles. The fourth-order valence-electron chi connectivity index (χ4n) is 3.41. The molecule has 0 spiro atoms. The highest BCUT2D eigenvalue weighted by Gasteiger charge is 2.25. The van der Waals surface area contributed by atoms with Crippen LogP contribution in [0.1, 0.15) is 48.6 Å². The summed E-state index contributed by atoms with van der Waals surface area (Å²) in [6.45, 7) is 2.38. The maximum absolute atomic E-state index is 6.17. The Hall–Kier alpha value is -0.0900. The average molecular weight is 299 g/mol. The number of halogens is 1. The molecule has 0 bridgehead atoms. The van der Waals surface area contributed by atoms with E-state index in [4.69, 9.17) is 11.6 Å². The molecular weight excluding hydrogens is 276 g/mol. The van der Waals surface area contributed by atoms with Gasteiger partial charge in [-0.05, 0) is 57.3 Å². The van der Waals surface area contributed by atoms with E-state index in [1.54, 1.807) is 11.3 Å². The zero-order valence-corrected chi connectivity index (χ0v) is 13.2. The first-order valence-corrected chi connectivity index (χ1v) is 8.65. The highest BCUT2D eigenvalue weighted by atomic mass is 35.5. The Labute approximate surface area is 125 Å². The third kappa shape index (κ3) is 3.15. The van der Waals surface area contributed by atoms with E-state index >= 15 is 0 Å². The quantitative estimate of drug-likeness (QED) is 0.912. The fourth-order valence-corrected chi connectivity index (χ4v) is 4.80. The summed E-state index contributed by atoms with van der Waals surface area (Å²) in [6.07, 6.45) is 7.86. The molecule has 1 aromatic rings. The molecule has 106 valence electrons. The van der Waals surface area contributed by atoms with E-state index in [9.17, 15) is 0 Å². The van der Waals surface area contributed by atoms with Crippen LogP contribution in [0.3, 0.4) is 0 Å². The van der Waals surface area contributed by atoms with Crippen molar-refractivity contribution in [2.24, 2.45) is 0 Å². The van der Waals surface area contributed by atoms with Gasteiger partial charge in [0.1, 0.15) is 0 Å². The molecule has 0 radical (unpaired) electrons. The normalized spacial score (nSPS) is 28.3. The highest BCUT2D eigenvalue weighted by molar-refractivity contribution is 7.16. The van der Waals surface area contributed by atoms with E-state index in [0.717, 1.165) is 10.9 Å². The molecule has 1 N–H and O–H groups in total. The first-order chi connectivity index (χ1) is 9.24. The second kappa shape index (κ2) is 6.13. The van der Waals surface area contributed by atoms with E-state index in [-0.39, 0.29) is 0 Å². The van der Waals surface area contributed by atoms with Gasteiger partial charge in [0.25, 0.3) is 0 Å². The molecule has 0 amide bonds. The SMILES string of the molecule is CN1CCCCC1CNC1CCCc2sc(Cl)cc21. The number of likely N-dealkylation sites (N-methyl/N-ethyl adjacent to an activating group) is 1. The summed E-state index contributed by atoms with van der Waals surface area (Å²) in [7, 11) is 2.26. The van der Waals surface area contributed by atoms with Crippen molar-refractivity contribution in [3.63, 3.8) is 0 Å². The number of rotatable bonds is 3. The number of fused-ring (bicyclic) bond motifs is 1. The van der Waals surface area contributed by atoms with Crippen LogP contribution in [0.5, 0.6) is 0 Å². The van der Waals surface area contributed by atoms with E-state index in [0.29, 0.717) is 12.1 Å². The Bertz CT molecular complexity index is 432. The third-order valence-electron chi connectivity index (χ3n) is 4.61. The number of thiophene rings is 1. The smallest absolute Gasteiger partial charge is 0.0934 e. The number of hydrogen-bond acceptors (Lipinski definition) is 3. The van der Waals surface area contributed by atoms with E-state index in [1.807, 2.05) is 0 Å². The van der Waals surface area contributed by atoms with Crippen LogP contribution in [0.2, 0.25) is 4.34 Å². The second-order valence-electron chi connectivity index (χ2n) is 5.91. The summed E-state index contributed by atoms with van der Waals surface area (Å²) in [5.41, 5.74) is 1.47. The number of nitrogens with zero attached hydrogens (tertiary/aromatic N) is 1. The van der Waals surface area contributed by atoms with Gasteiger partial charge < -0.3 is 10.2 Å². The Balaban J connectivity index is 1.61. The van der Waals surface area contributed by atoms with Gasteiger partial charge in [-0.2, -0.15) is 0 Å². The molecule has 1 aliphatic heterocycles. The first-order valence-electron chi connectivity index (χ1n) is 7.46. The molecular formula is C15H23ClN2S. The molecule has 2 aliphatic rings. The molecule has 4 heteroatoms. The lowest BCUT2D eigenvalue weighted by Crippen LogP contribution is -2.44. The molecule has 2 nitrogen and oxygen atoms in total. The average Bonchev–Trinajstić information content (AvgIpc) is 2.78. The standard InChI is InChI=1S/C15H23ClN2S/c1-18-8-3-2-5-11(18)10-17-13-6-4-7-14-12(13)9-15(16)19-14/h9,11,13,17H,2-8,10H2,1H3. The molecule has 2 unspecified atom stereocenters. The Morgan fingerprint density at radius 1 is 1.37 bits per heavy atom. The van der Waals surface area contributed by atoms with Crippen molar-refractivity contribution in [3.8, 4) is 0 Å². The zero-order valence-electron chi connectivity index (χ0n) is 11.6. The van der Waals surface area contributed by atoms with Gasteiger partial charge in [0, 0.05) is 23.5 Å². The minimum absolute atomic E-state index is 0.530. The molecule has 0 aromatic carbocycles. The summed E-state index contributed by atoms with van der Waals surface area (Å²) in [4.78, 5) is 4.02. The lowest BCUT2D eigenvalue weighted by atomic mass is 9.93. The van der Waals surface area contributed by atoms with Crippen molar-refractivity contribution >= 4 is 22.9 Å². The molecule has 0 saturated carbocycles. The topological polar surface area (TPSA) is 15.3 Å². The van der Waals surface area contributed by atoms with Gasteiger partial charge in [-0.1, -0.05) is 18.0 Å². The Morgan fingerprint density at radius 3 is 3.11 bits per heavy atom. The van der Waals surface area contributed by atoms with E-state index < -0.39 is 0 Å². The van der Waals surface area contributed by atoms with Crippen LogP contribution in [0.15, 0.2) is 6.07 Å². The zero-order chi connectivity index (χ0) is 13.2. The third-order valence-corrected chi connectivity index (χ3v) is 5.94. The minimum Gasteiger partial charge on any atom is -0.308 e. The number of aryl methyl sites for hydroxylation is 1. The molecule has 1 fully saturated rings. The predicted octanol–water partition coefficient (Wildman–Crippen LogP) is 3.85. The summed E-state index contributed by atoms with van der Waals surface area (Å²) < 4.78 is 0.952. The fraction of sp³-hybridized carbons (Fsp3) is 0.733. The largest absolute Gasteiger partial charge is 0.308 e. The number of hydrogen-bond donors (Lipinski definition) is 1. The second-order valence-corrected chi connectivity index (χ2v) is 7.68. The van der Waals surface area contributed by atoms with Crippen molar-refractivity contribution < 1.29 is 0 Å². The van der Waals surface area contributed by atoms with Crippen molar-refractivity contribution in [2.75, 3.05) is 20.1 Å². The van der Waals surface area contributed by atoms with Crippen molar-refractivity contribution in [1.82, 2.24) is 10.2 Å². The highest BCUT2D eigenvalue weighted by Crippen LogP contribution is 2.37. The van der Waals surface area contributed by atoms with Crippen LogP contribution in [-0.4, -0.2) is 31.1 Å². The van der Waals surface area contributed by atoms with Crippen LogP contribution in [0.4, 0.5) is 0 Å². The molecule has 3 rings (SSSR count). The minimum atomic E-state index is 0.530. The predicted molar refractivity (Wildman–Crippen MR) is 83.3 cm³/mol. The van der Waals surface area contributed by atoms with Gasteiger partial charge in [-0.15, -0.1) is 11.3 Å². The number of piperidine rings is 1. The van der Waals surface area contributed by atoms with Gasteiger partial charge in [0.15, 0.2) is 0 Å². The maximum Gasteiger partial charge on any atom is 0.0934 e. The van der Waals surface area contributed by atoms with Crippen molar-refractivity contribution in [1.29, 1.82) is 0 Å². The maximum atomic E-state index is 6.17. The first kappa shape index (κ1) is 13.9. The van der Waals surface area contributed by atoms with Gasteiger partial charge in [-0.3, -0.25) is 0 Å². The van der Waals surface area contributed by atoms with Crippen molar-refractivity contribution in [2.45, 2.75) is 50.6 Å². The molecule has 19 heavy (non-hydrogen) atoms. The molecule has 1 aromatic heterocycles. The molecule has 2 atom stereocenters. The monoisotopic (exact) mass is 298 g/mol. The van der Waals surface area contributed by atoms with Gasteiger partial charge in [-0.25, -0.2) is 0 Å². The van der Waals surface area contributed by atoms with Gasteiger partial charge >= 0.3 is 0 Å². The summed E-state index contributed by atoms with van der Waals surface area (Å²) in [6, 6.07) is 3.43. The van der Waals surface area contributed by atoms with E-state index in [2.05, 4.69) is 23.3 Å². The van der Waals surface area contributed by atoms with Gasteiger partial charge in [0.05, 0.1) is 4.34 Å². The lowest BCUT2D eigenvalue weighted by Gasteiger charge is -2.34. The van der Waals surface area contributed by atoms with Crippen LogP contribution in [-0.2, 0) is 6.42 Å². The summed E-state index contributed by atoms with van der Waals surface area (Å²) in [5, 5.41) is 3.80. The Kier molecular flexibility index (Phi) is 4.47.